The Morgan fingerprint density at radius 3 is 1.84 bits per heavy atom. The lowest BCUT2D eigenvalue weighted by atomic mass is 9.99. The van der Waals surface area contributed by atoms with E-state index in [1.54, 1.807) is 0 Å². The number of amides is 2. The van der Waals surface area contributed by atoms with Gasteiger partial charge in [-0.05, 0) is 31.6 Å². The number of unbranched alkanes of at least 4 members (excludes halogenated alkanes) is 9. The molecule has 0 spiro atoms. The third-order valence-electron chi connectivity index (χ3n) is 4.44. The van der Waals surface area contributed by atoms with Crippen molar-refractivity contribution in [1.82, 2.24) is 5.48 Å². The summed E-state index contributed by atoms with van der Waals surface area (Å²) >= 11 is 0. The number of primary amides is 1. The topological polar surface area (TPSA) is 113 Å². The summed E-state index contributed by atoms with van der Waals surface area (Å²) in [5, 5.41) is 15.9. The van der Waals surface area contributed by atoms with Gasteiger partial charge < -0.3 is 10.8 Å². The Bertz CT molecular complexity index is 372. The highest BCUT2D eigenvalue weighted by Gasteiger charge is 2.07. The Morgan fingerprint density at radius 1 is 0.960 bits per heavy atom. The molecule has 6 heteroatoms. The quantitative estimate of drug-likeness (QED) is 0.165. The fourth-order valence-electron chi connectivity index (χ4n) is 3.03. The predicted octanol–water partition coefficient (Wildman–Crippen LogP) is 4.76. The van der Waals surface area contributed by atoms with Gasteiger partial charge in [0.05, 0.1) is 0 Å². The van der Waals surface area contributed by atoms with E-state index >= 15 is 0 Å². The first kappa shape index (κ1) is 23.4. The van der Waals surface area contributed by atoms with Crippen molar-refractivity contribution in [2.75, 3.05) is 0 Å². The van der Waals surface area contributed by atoms with Crippen molar-refractivity contribution < 1.29 is 19.9 Å². The molecule has 146 valence electrons. The van der Waals surface area contributed by atoms with Gasteiger partial charge in [0.15, 0.2) is 0 Å². The highest BCUT2D eigenvalue weighted by Crippen LogP contribution is 2.23. The Kier molecular flexibility index (Phi) is 16.2. The van der Waals surface area contributed by atoms with Crippen molar-refractivity contribution in [3.63, 3.8) is 0 Å². The third-order valence-corrected chi connectivity index (χ3v) is 4.44. The first-order valence-corrected chi connectivity index (χ1v) is 9.64. The zero-order valence-electron chi connectivity index (χ0n) is 15.4. The van der Waals surface area contributed by atoms with Crippen LogP contribution in [0.5, 0.6) is 0 Å². The number of hydrogen-bond donors (Lipinski definition) is 4. The van der Waals surface area contributed by atoms with E-state index in [0.717, 1.165) is 18.8 Å². The molecule has 0 aromatic carbocycles. The van der Waals surface area contributed by atoms with Crippen LogP contribution in [-0.4, -0.2) is 22.3 Å². The molecule has 0 aromatic heterocycles. The number of carboxylic acid groups (broad SMARTS) is 1. The molecule has 1 atom stereocenters. The van der Waals surface area contributed by atoms with E-state index in [0.29, 0.717) is 6.42 Å². The summed E-state index contributed by atoms with van der Waals surface area (Å²) in [5.74, 6) is 0.235. The summed E-state index contributed by atoms with van der Waals surface area (Å²) in [6, 6.07) is -0.940. The summed E-state index contributed by atoms with van der Waals surface area (Å²) in [6.07, 6.45) is 21.9. The van der Waals surface area contributed by atoms with Crippen LogP contribution in [0.15, 0.2) is 12.2 Å². The number of urea groups is 1. The van der Waals surface area contributed by atoms with Crippen molar-refractivity contribution >= 4 is 12.0 Å². The van der Waals surface area contributed by atoms with E-state index in [-0.39, 0.29) is 0 Å². The largest absolute Gasteiger partial charge is 0.481 e. The average Bonchev–Trinajstić information content (AvgIpc) is 3.09. The third kappa shape index (κ3) is 18.6. The molecule has 5 N–H and O–H groups in total. The molecule has 25 heavy (non-hydrogen) atoms. The molecule has 0 heterocycles. The Hall–Kier alpha value is -1.56. The van der Waals surface area contributed by atoms with Crippen LogP contribution in [0, 0.1) is 5.92 Å². The minimum Gasteiger partial charge on any atom is -0.481 e. The van der Waals surface area contributed by atoms with Crippen molar-refractivity contribution in [3.05, 3.63) is 12.2 Å². The van der Waals surface area contributed by atoms with Crippen LogP contribution in [0.4, 0.5) is 4.79 Å². The number of carbonyl (C=O) groups excluding carboxylic acids is 1. The van der Waals surface area contributed by atoms with Crippen molar-refractivity contribution in [3.8, 4) is 0 Å². The van der Waals surface area contributed by atoms with E-state index < -0.39 is 12.0 Å². The number of aliphatic carboxylic acids is 1. The highest BCUT2D eigenvalue weighted by atomic mass is 16.5. The van der Waals surface area contributed by atoms with E-state index in [1.165, 1.54) is 76.1 Å². The summed E-state index contributed by atoms with van der Waals surface area (Å²) in [4.78, 5) is 19.6. The molecule has 0 radical (unpaired) electrons. The SMILES string of the molecule is NC(=O)NO.O=C(O)CCCCCCCCCCCCC1C=CCC1. The van der Waals surface area contributed by atoms with Crippen molar-refractivity contribution in [1.29, 1.82) is 0 Å². The molecule has 0 saturated carbocycles. The van der Waals surface area contributed by atoms with Crippen molar-refractivity contribution in [2.45, 2.75) is 89.9 Å². The average molecular weight is 357 g/mol. The van der Waals surface area contributed by atoms with Crippen LogP contribution in [0.1, 0.15) is 89.9 Å². The van der Waals surface area contributed by atoms with Crippen LogP contribution in [-0.2, 0) is 4.79 Å². The monoisotopic (exact) mass is 356 g/mol. The zero-order valence-corrected chi connectivity index (χ0v) is 15.4. The lowest BCUT2D eigenvalue weighted by Gasteiger charge is -2.06. The van der Waals surface area contributed by atoms with Gasteiger partial charge in [0, 0.05) is 6.42 Å². The maximum Gasteiger partial charge on any atom is 0.335 e. The van der Waals surface area contributed by atoms with Crippen LogP contribution >= 0.6 is 0 Å². The van der Waals surface area contributed by atoms with Gasteiger partial charge in [0.2, 0.25) is 0 Å². The predicted molar refractivity (Wildman–Crippen MR) is 99.4 cm³/mol. The Morgan fingerprint density at radius 2 is 1.44 bits per heavy atom. The van der Waals surface area contributed by atoms with Gasteiger partial charge in [-0.3, -0.25) is 10.0 Å². The second-order valence-corrected chi connectivity index (χ2v) is 6.71. The Labute approximate surface area is 151 Å². The molecule has 0 saturated heterocycles. The number of rotatable bonds is 13. The second kappa shape index (κ2) is 17.3. The van der Waals surface area contributed by atoms with Crippen molar-refractivity contribution in [2.24, 2.45) is 11.7 Å². The molecule has 6 nitrogen and oxygen atoms in total. The fraction of sp³-hybridized carbons (Fsp3) is 0.789. The number of carbonyl (C=O) groups is 2. The van der Waals surface area contributed by atoms with Gasteiger partial charge in [-0.2, -0.15) is 0 Å². The molecule has 1 unspecified atom stereocenters. The van der Waals surface area contributed by atoms with Gasteiger partial charge in [-0.15, -0.1) is 0 Å². The molecule has 1 aliphatic rings. The summed E-state index contributed by atoms with van der Waals surface area (Å²) < 4.78 is 0. The maximum atomic E-state index is 10.3. The molecule has 2 amide bonds. The van der Waals surface area contributed by atoms with E-state index in [1.807, 2.05) is 0 Å². The molecule has 0 fully saturated rings. The molecule has 1 rings (SSSR count). The highest BCUT2D eigenvalue weighted by molar-refractivity contribution is 5.69. The maximum absolute atomic E-state index is 10.3. The summed E-state index contributed by atoms with van der Waals surface area (Å²) in [5.41, 5.74) is 5.46. The van der Waals surface area contributed by atoms with E-state index in [4.69, 9.17) is 10.3 Å². The molecular weight excluding hydrogens is 320 g/mol. The lowest BCUT2D eigenvalue weighted by Crippen LogP contribution is -2.25. The standard InChI is InChI=1S/C18H32O2.CH4N2O2/c19-18(20)16-10-8-6-4-2-1-3-5-7-9-13-17-14-11-12-15-17;2-1(4)3-5/h11,14,17H,1-10,12-13,15-16H2,(H,19,20);5H,(H3,2,3,4). The van der Waals surface area contributed by atoms with Gasteiger partial charge in [-0.25, -0.2) is 10.3 Å². The van der Waals surface area contributed by atoms with Crippen LogP contribution in [0.3, 0.4) is 0 Å². The number of hydrogen-bond acceptors (Lipinski definition) is 3. The first-order valence-electron chi connectivity index (χ1n) is 9.64. The van der Waals surface area contributed by atoms with Gasteiger partial charge >= 0.3 is 12.0 Å². The van der Waals surface area contributed by atoms with E-state index in [2.05, 4.69) is 17.9 Å². The Balaban J connectivity index is 0.00000101. The summed E-state index contributed by atoms with van der Waals surface area (Å²) in [7, 11) is 0. The first-order chi connectivity index (χ1) is 12.1. The summed E-state index contributed by atoms with van der Waals surface area (Å²) in [6.45, 7) is 0. The number of carboxylic acids is 1. The van der Waals surface area contributed by atoms with Gasteiger partial charge in [0.1, 0.15) is 0 Å². The minimum absolute atomic E-state index is 0.343. The minimum atomic E-state index is -0.940. The normalized spacial score (nSPS) is 15.5. The number of hydroxylamine groups is 1. The van der Waals surface area contributed by atoms with Gasteiger partial charge in [0.25, 0.3) is 0 Å². The molecular formula is C19H36N2O4. The van der Waals surface area contributed by atoms with Crippen LogP contribution < -0.4 is 11.2 Å². The lowest BCUT2D eigenvalue weighted by molar-refractivity contribution is -0.137. The molecule has 0 bridgehead atoms. The zero-order chi connectivity index (χ0) is 18.8. The number of nitrogens with one attached hydrogen (secondary N) is 1. The number of nitrogens with two attached hydrogens (primary N) is 1. The molecule has 0 aromatic rings. The number of allylic oxidation sites excluding steroid dienone is 2. The second-order valence-electron chi connectivity index (χ2n) is 6.71. The van der Waals surface area contributed by atoms with E-state index in [9.17, 15) is 9.59 Å². The van der Waals surface area contributed by atoms with Crippen LogP contribution in [0.2, 0.25) is 0 Å². The van der Waals surface area contributed by atoms with Crippen LogP contribution in [0.25, 0.3) is 0 Å². The van der Waals surface area contributed by atoms with Gasteiger partial charge in [-0.1, -0.05) is 69.9 Å². The molecule has 1 aliphatic carbocycles. The smallest absolute Gasteiger partial charge is 0.335 e. The molecule has 0 aliphatic heterocycles. The fourth-order valence-corrected chi connectivity index (χ4v) is 3.03.